The van der Waals surface area contributed by atoms with Crippen LogP contribution < -0.4 is 5.32 Å². The fourth-order valence-electron chi connectivity index (χ4n) is 2.25. The smallest absolute Gasteiger partial charge is 0.253 e. The summed E-state index contributed by atoms with van der Waals surface area (Å²) < 4.78 is 5.22. The number of carbonyl (C=O) groups excluding carboxylic acids is 1. The molecule has 6 N–H and O–H groups in total. The highest BCUT2D eigenvalue weighted by molar-refractivity contribution is 5.94. The van der Waals surface area contributed by atoms with Gasteiger partial charge in [0.25, 0.3) is 5.91 Å². The number of aliphatic hydroxyl groups excluding tert-OH is 5. The van der Waals surface area contributed by atoms with Crippen molar-refractivity contribution >= 4 is 5.91 Å². The molecule has 1 fully saturated rings. The molecule has 0 aliphatic carbocycles. The first-order chi connectivity index (χ1) is 10.5. The minimum Gasteiger partial charge on any atom is -0.394 e. The second-order valence-corrected chi connectivity index (χ2v) is 5.08. The van der Waals surface area contributed by atoms with Gasteiger partial charge in [0.15, 0.2) is 6.23 Å². The fourth-order valence-corrected chi connectivity index (χ4v) is 2.25. The number of amides is 1. The van der Waals surface area contributed by atoms with Crippen molar-refractivity contribution in [2.45, 2.75) is 36.7 Å². The highest BCUT2D eigenvalue weighted by Crippen LogP contribution is 2.22. The summed E-state index contributed by atoms with van der Waals surface area (Å²) in [6.07, 6.45) is -8.96. The van der Waals surface area contributed by atoms with Crippen molar-refractivity contribution in [2.24, 2.45) is 0 Å². The number of hydrogen-bond donors (Lipinski definition) is 6. The second-order valence-electron chi connectivity index (χ2n) is 5.08. The van der Waals surface area contributed by atoms with Gasteiger partial charge in [-0.1, -0.05) is 18.2 Å². The third kappa shape index (κ3) is 3.43. The molecule has 1 aliphatic rings. The van der Waals surface area contributed by atoms with E-state index in [1.165, 1.54) is 0 Å². The van der Waals surface area contributed by atoms with Crippen LogP contribution in [0.15, 0.2) is 30.3 Å². The van der Waals surface area contributed by atoms with E-state index in [-0.39, 0.29) is 0 Å². The van der Waals surface area contributed by atoms with Crippen LogP contribution >= 0.6 is 0 Å². The van der Waals surface area contributed by atoms with Crippen molar-refractivity contribution in [3.8, 4) is 0 Å². The summed E-state index contributed by atoms with van der Waals surface area (Å²) in [5.41, 5.74) is 0.318. The van der Waals surface area contributed by atoms with Crippen LogP contribution in [0.5, 0.6) is 0 Å². The summed E-state index contributed by atoms with van der Waals surface area (Å²) in [4.78, 5) is 12.0. The topological polar surface area (TPSA) is 139 Å². The lowest BCUT2D eigenvalue weighted by molar-refractivity contribution is -0.249. The van der Waals surface area contributed by atoms with Crippen LogP contribution in [0.1, 0.15) is 10.4 Å². The average molecular weight is 313 g/mol. The van der Waals surface area contributed by atoms with E-state index in [1.54, 1.807) is 30.3 Å². The van der Waals surface area contributed by atoms with Crippen LogP contribution in [-0.4, -0.2) is 74.8 Å². The Balaban J connectivity index is 2.10. The lowest BCUT2D eigenvalue weighted by Gasteiger charge is -2.42. The summed E-state index contributed by atoms with van der Waals surface area (Å²) in [6.45, 7) is -0.704. The van der Waals surface area contributed by atoms with Gasteiger partial charge >= 0.3 is 0 Å². The highest BCUT2D eigenvalue weighted by atomic mass is 16.6. The molecule has 0 saturated carbocycles. The minimum absolute atomic E-state index is 0.318. The van der Waals surface area contributed by atoms with Crippen molar-refractivity contribution in [3.05, 3.63) is 35.9 Å². The number of rotatable bonds is 4. The molecule has 1 saturated heterocycles. The molecule has 2 rings (SSSR count). The number of benzene rings is 1. The minimum atomic E-state index is -1.64. The first-order valence-electron chi connectivity index (χ1n) is 6.80. The Hall–Kier alpha value is -1.55. The first-order valence-corrected chi connectivity index (χ1v) is 6.80. The zero-order chi connectivity index (χ0) is 16.3. The molecule has 6 atom stereocenters. The van der Waals surface area contributed by atoms with Gasteiger partial charge in [0.1, 0.15) is 30.5 Å². The molecule has 1 heterocycles. The van der Waals surface area contributed by atoms with Crippen LogP contribution in [0.25, 0.3) is 0 Å². The molecular weight excluding hydrogens is 294 g/mol. The molecular formula is C14H19NO7. The molecule has 1 aromatic carbocycles. The summed E-state index contributed by atoms with van der Waals surface area (Å²) in [7, 11) is 0. The van der Waals surface area contributed by atoms with Gasteiger partial charge in [-0.2, -0.15) is 0 Å². The maximum Gasteiger partial charge on any atom is 0.253 e. The van der Waals surface area contributed by atoms with Gasteiger partial charge in [-0.3, -0.25) is 4.79 Å². The van der Waals surface area contributed by atoms with E-state index in [0.717, 1.165) is 0 Å². The monoisotopic (exact) mass is 313 g/mol. The SMILES string of the molecule is O=C(NC1O[C@@H]([C@H](O)CO)[C@H](O)[C@@H](O)[C@H]1O)c1ccccc1. The van der Waals surface area contributed by atoms with E-state index in [4.69, 9.17) is 9.84 Å². The van der Waals surface area contributed by atoms with Crippen LogP contribution in [0.2, 0.25) is 0 Å². The van der Waals surface area contributed by atoms with Crippen molar-refractivity contribution in [1.82, 2.24) is 5.32 Å². The number of hydrogen-bond acceptors (Lipinski definition) is 7. The normalized spacial score (nSPS) is 33.2. The van der Waals surface area contributed by atoms with Crippen LogP contribution in [-0.2, 0) is 4.74 Å². The molecule has 0 bridgehead atoms. The third-order valence-corrected chi connectivity index (χ3v) is 3.53. The molecule has 0 radical (unpaired) electrons. The predicted octanol–water partition coefficient (Wildman–Crippen LogP) is -2.42. The Morgan fingerprint density at radius 3 is 2.36 bits per heavy atom. The van der Waals surface area contributed by atoms with Gasteiger partial charge in [-0.25, -0.2) is 0 Å². The zero-order valence-electron chi connectivity index (χ0n) is 11.6. The number of carbonyl (C=O) groups is 1. The zero-order valence-corrected chi connectivity index (χ0v) is 11.6. The van der Waals surface area contributed by atoms with Crippen LogP contribution in [0, 0.1) is 0 Å². The largest absolute Gasteiger partial charge is 0.394 e. The molecule has 1 amide bonds. The summed E-state index contributed by atoms with van der Waals surface area (Å²) in [5, 5.41) is 50.3. The number of nitrogens with one attached hydrogen (secondary N) is 1. The van der Waals surface area contributed by atoms with E-state index in [9.17, 15) is 25.2 Å². The number of aliphatic hydroxyl groups is 5. The quantitative estimate of drug-likeness (QED) is 0.363. The molecule has 122 valence electrons. The molecule has 8 heteroatoms. The van der Waals surface area contributed by atoms with Crippen molar-refractivity contribution in [2.75, 3.05) is 6.61 Å². The van der Waals surface area contributed by atoms with Crippen LogP contribution in [0.3, 0.4) is 0 Å². The Bertz CT molecular complexity index is 497. The van der Waals surface area contributed by atoms with E-state index in [0.29, 0.717) is 5.56 Å². The van der Waals surface area contributed by atoms with Gasteiger partial charge in [0.05, 0.1) is 6.61 Å². The van der Waals surface area contributed by atoms with Gasteiger partial charge in [0.2, 0.25) is 0 Å². The third-order valence-electron chi connectivity index (χ3n) is 3.53. The molecule has 1 unspecified atom stereocenters. The van der Waals surface area contributed by atoms with E-state index >= 15 is 0 Å². The maximum absolute atomic E-state index is 12.0. The first kappa shape index (κ1) is 16.8. The van der Waals surface area contributed by atoms with Crippen molar-refractivity contribution in [1.29, 1.82) is 0 Å². The molecule has 1 aliphatic heterocycles. The summed E-state index contributed by atoms with van der Waals surface area (Å²) in [5.74, 6) is -0.550. The Kier molecular flexibility index (Phi) is 5.46. The van der Waals surface area contributed by atoms with Gasteiger partial charge in [-0.15, -0.1) is 0 Å². The number of ether oxygens (including phenoxy) is 1. The predicted molar refractivity (Wildman–Crippen MR) is 73.7 cm³/mol. The Morgan fingerprint density at radius 2 is 1.77 bits per heavy atom. The molecule has 0 aromatic heterocycles. The maximum atomic E-state index is 12.0. The Labute approximate surface area is 126 Å². The van der Waals surface area contributed by atoms with Crippen molar-refractivity contribution in [3.63, 3.8) is 0 Å². The van der Waals surface area contributed by atoms with E-state index < -0.39 is 49.3 Å². The van der Waals surface area contributed by atoms with Crippen molar-refractivity contribution < 1.29 is 35.1 Å². The molecule has 1 aromatic rings. The van der Waals surface area contributed by atoms with E-state index in [1.807, 2.05) is 0 Å². The Morgan fingerprint density at radius 1 is 1.14 bits per heavy atom. The fraction of sp³-hybridized carbons (Fsp3) is 0.500. The highest BCUT2D eigenvalue weighted by Gasteiger charge is 2.46. The molecule has 22 heavy (non-hydrogen) atoms. The van der Waals surface area contributed by atoms with Gasteiger partial charge in [0, 0.05) is 5.56 Å². The van der Waals surface area contributed by atoms with Gasteiger partial charge in [-0.05, 0) is 12.1 Å². The summed E-state index contributed by atoms with van der Waals surface area (Å²) >= 11 is 0. The molecule has 0 spiro atoms. The van der Waals surface area contributed by atoms with Crippen LogP contribution in [0.4, 0.5) is 0 Å². The lowest BCUT2D eigenvalue weighted by atomic mass is 9.95. The van der Waals surface area contributed by atoms with Gasteiger partial charge < -0.3 is 35.6 Å². The average Bonchev–Trinajstić information content (AvgIpc) is 2.55. The standard InChI is InChI=1S/C14H19NO7/c16-6-8(17)12-10(19)9(18)11(20)14(22-12)15-13(21)7-4-2-1-3-5-7/h1-5,8-12,14,16-20H,6H2,(H,15,21)/t8-,9-,10-,11-,12+,14?/m1/s1. The lowest BCUT2D eigenvalue weighted by Crippen LogP contribution is -2.65. The van der Waals surface area contributed by atoms with E-state index in [2.05, 4.69) is 5.32 Å². The molecule has 8 nitrogen and oxygen atoms in total. The summed E-state index contributed by atoms with van der Waals surface area (Å²) in [6, 6.07) is 8.15. The second kappa shape index (κ2) is 7.14.